The summed E-state index contributed by atoms with van der Waals surface area (Å²) in [5.41, 5.74) is 1.48. The fourth-order valence-electron chi connectivity index (χ4n) is 4.67. The Morgan fingerprint density at radius 2 is 2.03 bits per heavy atom. The Kier molecular flexibility index (Phi) is 5.27. The summed E-state index contributed by atoms with van der Waals surface area (Å²) in [6, 6.07) is 8.75. The van der Waals surface area contributed by atoms with Gasteiger partial charge in [0.25, 0.3) is 11.5 Å². The van der Waals surface area contributed by atoms with Gasteiger partial charge in [-0.25, -0.2) is 0 Å². The van der Waals surface area contributed by atoms with Gasteiger partial charge in [-0.05, 0) is 44.6 Å². The Balaban J connectivity index is 1.61. The van der Waals surface area contributed by atoms with Crippen molar-refractivity contribution in [1.82, 2.24) is 24.7 Å². The lowest BCUT2D eigenvalue weighted by atomic mass is 9.78. The van der Waals surface area contributed by atoms with E-state index in [4.69, 9.17) is 0 Å². The molecule has 2 bridgehead atoms. The molecule has 2 amide bonds. The minimum atomic E-state index is -0.166. The number of likely N-dealkylation sites (tertiary alicyclic amines) is 1. The molecule has 4 heterocycles. The molecule has 1 fully saturated rings. The maximum absolute atomic E-state index is 12.9. The molecule has 1 saturated heterocycles. The summed E-state index contributed by atoms with van der Waals surface area (Å²) in [5, 5.41) is 2.98. The highest BCUT2D eigenvalue weighted by Gasteiger charge is 2.42. The van der Waals surface area contributed by atoms with Gasteiger partial charge in [-0.15, -0.1) is 0 Å². The number of rotatable bonds is 5. The van der Waals surface area contributed by atoms with Gasteiger partial charge in [0.15, 0.2) is 0 Å². The highest BCUT2D eigenvalue weighted by Crippen LogP contribution is 2.41. The SMILES string of the molecule is CN(C)CC(=O)NC[C@H]1[C@H]2C[C@H](CN(C(=O)c3ccc[nH]3)C2)c2cccc(=O)n21. The van der Waals surface area contributed by atoms with Gasteiger partial charge in [-0.3, -0.25) is 14.4 Å². The van der Waals surface area contributed by atoms with Crippen molar-refractivity contribution in [3.63, 3.8) is 0 Å². The lowest BCUT2D eigenvalue weighted by Gasteiger charge is -2.47. The second kappa shape index (κ2) is 7.87. The number of aromatic amines is 1. The summed E-state index contributed by atoms with van der Waals surface area (Å²) in [6.07, 6.45) is 2.65. The third kappa shape index (κ3) is 3.85. The third-order valence-corrected chi connectivity index (χ3v) is 5.88. The van der Waals surface area contributed by atoms with Crippen LogP contribution in [0, 0.1) is 5.92 Å². The van der Waals surface area contributed by atoms with Crippen LogP contribution < -0.4 is 10.9 Å². The summed E-state index contributed by atoms with van der Waals surface area (Å²) in [4.78, 5) is 44.5. The number of nitrogens with one attached hydrogen (secondary N) is 2. The van der Waals surface area contributed by atoms with Crippen LogP contribution in [0.1, 0.15) is 34.6 Å². The maximum Gasteiger partial charge on any atom is 0.270 e. The van der Waals surface area contributed by atoms with Crippen LogP contribution in [-0.4, -0.2) is 71.4 Å². The minimum absolute atomic E-state index is 0.0215. The minimum Gasteiger partial charge on any atom is -0.357 e. The van der Waals surface area contributed by atoms with Crippen molar-refractivity contribution in [2.75, 3.05) is 40.3 Å². The first-order valence-electron chi connectivity index (χ1n) is 9.99. The molecule has 2 aliphatic heterocycles. The fourth-order valence-corrected chi connectivity index (χ4v) is 4.67. The van der Waals surface area contributed by atoms with Gasteiger partial charge in [0, 0.05) is 43.5 Å². The molecule has 0 unspecified atom stereocenters. The van der Waals surface area contributed by atoms with Crippen molar-refractivity contribution >= 4 is 11.8 Å². The molecule has 4 rings (SSSR count). The highest BCUT2D eigenvalue weighted by molar-refractivity contribution is 5.92. The summed E-state index contributed by atoms with van der Waals surface area (Å²) < 4.78 is 1.84. The predicted molar refractivity (Wildman–Crippen MR) is 109 cm³/mol. The Morgan fingerprint density at radius 1 is 1.21 bits per heavy atom. The summed E-state index contributed by atoms with van der Waals surface area (Å²) >= 11 is 0. The molecular weight excluding hydrogens is 370 g/mol. The van der Waals surface area contributed by atoms with Crippen LogP contribution in [0.3, 0.4) is 0 Å². The molecule has 0 aromatic carbocycles. The number of pyridine rings is 1. The zero-order chi connectivity index (χ0) is 20.5. The van der Waals surface area contributed by atoms with E-state index in [-0.39, 0.29) is 35.3 Å². The molecule has 154 valence electrons. The number of hydrogen-bond acceptors (Lipinski definition) is 4. The Morgan fingerprint density at radius 3 is 2.76 bits per heavy atom. The molecule has 2 aromatic rings. The lowest BCUT2D eigenvalue weighted by Crippen LogP contribution is -2.53. The van der Waals surface area contributed by atoms with Crippen LogP contribution in [0.4, 0.5) is 0 Å². The van der Waals surface area contributed by atoms with Crippen LogP contribution >= 0.6 is 0 Å². The quantitative estimate of drug-likeness (QED) is 0.775. The zero-order valence-electron chi connectivity index (χ0n) is 16.8. The van der Waals surface area contributed by atoms with E-state index >= 15 is 0 Å². The van der Waals surface area contributed by atoms with E-state index in [9.17, 15) is 14.4 Å². The van der Waals surface area contributed by atoms with E-state index in [2.05, 4.69) is 10.3 Å². The second-order valence-corrected chi connectivity index (χ2v) is 8.25. The smallest absolute Gasteiger partial charge is 0.270 e. The number of fused-ring (bicyclic) bond motifs is 4. The number of H-pyrrole nitrogens is 1. The molecule has 8 heteroatoms. The first-order valence-corrected chi connectivity index (χ1v) is 9.99. The van der Waals surface area contributed by atoms with Gasteiger partial charge in [0.05, 0.1) is 12.6 Å². The predicted octanol–water partition coefficient (Wildman–Crippen LogP) is 0.655. The van der Waals surface area contributed by atoms with E-state index in [1.54, 1.807) is 24.4 Å². The monoisotopic (exact) mass is 397 g/mol. The van der Waals surface area contributed by atoms with Gasteiger partial charge in [0.1, 0.15) is 5.69 Å². The van der Waals surface area contributed by atoms with Gasteiger partial charge >= 0.3 is 0 Å². The van der Waals surface area contributed by atoms with Gasteiger partial charge < -0.3 is 24.7 Å². The van der Waals surface area contributed by atoms with Crippen molar-refractivity contribution in [1.29, 1.82) is 0 Å². The lowest BCUT2D eigenvalue weighted by molar-refractivity contribution is -0.122. The molecule has 8 nitrogen and oxygen atoms in total. The number of nitrogens with zero attached hydrogens (tertiary/aromatic N) is 3. The molecule has 0 radical (unpaired) electrons. The number of piperidine rings is 1. The Bertz CT molecular complexity index is 949. The highest BCUT2D eigenvalue weighted by atomic mass is 16.2. The number of likely N-dealkylation sites (N-methyl/N-ethyl adjacent to an activating group) is 1. The van der Waals surface area contributed by atoms with Crippen molar-refractivity contribution in [3.8, 4) is 0 Å². The van der Waals surface area contributed by atoms with Crippen molar-refractivity contribution < 1.29 is 9.59 Å². The molecule has 0 spiro atoms. The summed E-state index contributed by atoms with van der Waals surface area (Å²) in [5.74, 6) is 0.139. The molecule has 2 N–H and O–H groups in total. The number of amides is 2. The van der Waals surface area contributed by atoms with Gasteiger partial charge in [-0.2, -0.15) is 0 Å². The number of aromatic nitrogens is 2. The summed E-state index contributed by atoms with van der Waals surface area (Å²) in [7, 11) is 3.69. The number of hydrogen-bond donors (Lipinski definition) is 2. The molecular formula is C21H27N5O3. The largest absolute Gasteiger partial charge is 0.357 e. The zero-order valence-corrected chi connectivity index (χ0v) is 16.8. The first-order chi connectivity index (χ1) is 13.9. The average Bonchev–Trinajstić information content (AvgIpc) is 3.22. The summed E-state index contributed by atoms with van der Waals surface area (Å²) in [6.45, 7) is 1.85. The molecule has 3 atom stereocenters. The fraction of sp³-hybridized carbons (Fsp3) is 0.476. The van der Waals surface area contributed by atoms with E-state index < -0.39 is 0 Å². The molecule has 2 aromatic heterocycles. The van der Waals surface area contributed by atoms with E-state index in [1.807, 2.05) is 40.6 Å². The van der Waals surface area contributed by atoms with Crippen molar-refractivity contribution in [2.24, 2.45) is 5.92 Å². The Labute approximate surface area is 169 Å². The van der Waals surface area contributed by atoms with Crippen LogP contribution in [0.15, 0.2) is 41.3 Å². The van der Waals surface area contributed by atoms with E-state index in [1.165, 1.54) is 0 Å². The standard InChI is InChI=1S/C21H27N5O3/c1-24(2)13-19(27)23-10-18-15-9-14(17-6-3-7-20(28)26(17)18)11-25(12-15)21(29)16-5-4-8-22-16/h3-8,14-15,18,22H,9-13H2,1-2H3,(H,23,27)/t14-,15+,18+/m1/s1. The van der Waals surface area contributed by atoms with Crippen molar-refractivity contribution in [3.05, 3.63) is 58.3 Å². The molecule has 29 heavy (non-hydrogen) atoms. The van der Waals surface area contributed by atoms with Gasteiger partial charge in [-0.1, -0.05) is 6.07 Å². The average molecular weight is 397 g/mol. The first kappa shape index (κ1) is 19.4. The van der Waals surface area contributed by atoms with Crippen LogP contribution in [-0.2, 0) is 4.79 Å². The topological polar surface area (TPSA) is 90.4 Å². The Hall–Kier alpha value is -2.87. The van der Waals surface area contributed by atoms with Crippen LogP contribution in [0.5, 0.6) is 0 Å². The third-order valence-electron chi connectivity index (χ3n) is 5.88. The maximum atomic E-state index is 12.9. The van der Waals surface area contributed by atoms with E-state index in [0.29, 0.717) is 31.9 Å². The van der Waals surface area contributed by atoms with Crippen LogP contribution in [0.2, 0.25) is 0 Å². The van der Waals surface area contributed by atoms with E-state index in [0.717, 1.165) is 12.1 Å². The number of carbonyl (C=O) groups excluding carboxylic acids is 2. The van der Waals surface area contributed by atoms with Crippen molar-refractivity contribution in [2.45, 2.75) is 18.4 Å². The molecule has 2 aliphatic rings. The van der Waals surface area contributed by atoms with Crippen LogP contribution in [0.25, 0.3) is 0 Å². The number of carbonyl (C=O) groups is 2. The molecule has 0 saturated carbocycles. The van der Waals surface area contributed by atoms with Gasteiger partial charge in [0.2, 0.25) is 5.91 Å². The normalized spacial score (nSPS) is 23.0. The molecule has 0 aliphatic carbocycles. The second-order valence-electron chi connectivity index (χ2n) is 8.25.